The van der Waals surface area contributed by atoms with E-state index in [0.29, 0.717) is 16.7 Å². The largest absolute Gasteiger partial charge is 0.496 e. The minimum atomic E-state index is 0.0247. The van der Waals surface area contributed by atoms with Crippen LogP contribution in [0, 0.1) is 5.41 Å². The molecule has 1 saturated carbocycles. The lowest BCUT2D eigenvalue weighted by Gasteiger charge is -2.26. The first-order chi connectivity index (χ1) is 11.8. The highest BCUT2D eigenvalue weighted by molar-refractivity contribution is 6.00. The molecule has 0 radical (unpaired) electrons. The van der Waals surface area contributed by atoms with Gasteiger partial charge in [-0.05, 0) is 36.8 Å². The number of nitrogens with zero attached hydrogens (tertiary/aromatic N) is 3. The number of amides is 1. The number of aryl methyl sites for hydroxylation is 1. The number of ether oxygens (including phenoxy) is 1. The van der Waals surface area contributed by atoms with Crippen molar-refractivity contribution in [1.82, 2.24) is 14.7 Å². The fraction of sp³-hybridized carbons (Fsp3) is 0.500. The van der Waals surface area contributed by atoms with Gasteiger partial charge in [-0.1, -0.05) is 26.0 Å². The quantitative estimate of drug-likeness (QED) is 0.851. The molecule has 1 aromatic carbocycles. The van der Waals surface area contributed by atoms with Gasteiger partial charge in [0.25, 0.3) is 5.91 Å². The van der Waals surface area contributed by atoms with Crippen molar-refractivity contribution in [3.05, 3.63) is 36.0 Å². The van der Waals surface area contributed by atoms with Crippen LogP contribution in [0.4, 0.5) is 0 Å². The summed E-state index contributed by atoms with van der Waals surface area (Å²) in [5.41, 5.74) is 2.45. The molecule has 1 heterocycles. The average molecular weight is 341 g/mol. The van der Waals surface area contributed by atoms with E-state index in [-0.39, 0.29) is 11.9 Å². The Morgan fingerprint density at radius 1 is 1.36 bits per heavy atom. The summed E-state index contributed by atoms with van der Waals surface area (Å²) < 4.78 is 7.15. The molecule has 0 saturated heterocycles. The third kappa shape index (κ3) is 3.41. The van der Waals surface area contributed by atoms with Crippen molar-refractivity contribution in [2.75, 3.05) is 14.2 Å². The molecule has 1 unspecified atom stereocenters. The summed E-state index contributed by atoms with van der Waals surface area (Å²) in [5.74, 6) is 0.747. The minimum Gasteiger partial charge on any atom is -0.496 e. The van der Waals surface area contributed by atoms with Crippen LogP contribution in [0.1, 0.15) is 43.5 Å². The van der Waals surface area contributed by atoms with Gasteiger partial charge >= 0.3 is 0 Å². The predicted octanol–water partition coefficient (Wildman–Crippen LogP) is 3.75. The van der Waals surface area contributed by atoms with E-state index in [9.17, 15) is 4.79 Å². The van der Waals surface area contributed by atoms with Crippen LogP contribution in [0.15, 0.2) is 30.5 Å². The number of carbonyl (C=O) groups is 1. The van der Waals surface area contributed by atoms with E-state index in [1.807, 2.05) is 43.3 Å². The Labute approximate surface area is 149 Å². The topological polar surface area (TPSA) is 47.4 Å². The summed E-state index contributed by atoms with van der Waals surface area (Å²) in [7, 11) is 5.39. The highest BCUT2D eigenvalue weighted by atomic mass is 16.5. The van der Waals surface area contributed by atoms with Gasteiger partial charge in [0.05, 0.1) is 12.7 Å². The van der Waals surface area contributed by atoms with Crippen LogP contribution in [0.5, 0.6) is 5.75 Å². The Morgan fingerprint density at radius 3 is 2.72 bits per heavy atom. The Balaban J connectivity index is 1.94. The number of methoxy groups -OCH3 is 1. The lowest BCUT2D eigenvalue weighted by Crippen LogP contribution is -2.36. The zero-order chi connectivity index (χ0) is 18.2. The Morgan fingerprint density at radius 2 is 2.08 bits per heavy atom. The molecular formula is C20H27N3O2. The maximum absolute atomic E-state index is 13.2. The summed E-state index contributed by atoms with van der Waals surface area (Å²) in [4.78, 5) is 15.1. The number of para-hydroxylation sites is 1. The molecule has 1 amide bonds. The van der Waals surface area contributed by atoms with Crippen molar-refractivity contribution in [1.29, 1.82) is 0 Å². The van der Waals surface area contributed by atoms with Gasteiger partial charge in [0, 0.05) is 31.9 Å². The third-order valence-corrected chi connectivity index (χ3v) is 5.23. The second-order valence-corrected chi connectivity index (χ2v) is 7.74. The Kier molecular flexibility index (Phi) is 4.58. The van der Waals surface area contributed by atoms with Crippen LogP contribution >= 0.6 is 0 Å². The molecule has 1 fully saturated rings. The van der Waals surface area contributed by atoms with E-state index in [1.165, 1.54) is 0 Å². The molecule has 1 aliphatic rings. The van der Waals surface area contributed by atoms with Gasteiger partial charge in [-0.25, -0.2) is 0 Å². The number of hydrogen-bond acceptors (Lipinski definition) is 3. The van der Waals surface area contributed by atoms with Gasteiger partial charge in [0.2, 0.25) is 0 Å². The summed E-state index contributed by atoms with van der Waals surface area (Å²) >= 11 is 0. The maximum Gasteiger partial charge on any atom is 0.257 e. The highest BCUT2D eigenvalue weighted by Gasteiger charge is 2.36. The molecule has 5 heteroatoms. The van der Waals surface area contributed by atoms with E-state index < -0.39 is 0 Å². The van der Waals surface area contributed by atoms with Crippen LogP contribution in [0.25, 0.3) is 11.3 Å². The molecule has 1 atom stereocenters. The second-order valence-electron chi connectivity index (χ2n) is 7.74. The van der Waals surface area contributed by atoms with Gasteiger partial charge < -0.3 is 9.64 Å². The van der Waals surface area contributed by atoms with Gasteiger partial charge in [0.15, 0.2) is 0 Å². The number of hydrogen-bond donors (Lipinski definition) is 0. The molecule has 3 rings (SSSR count). The van der Waals surface area contributed by atoms with Crippen molar-refractivity contribution in [2.45, 2.75) is 39.2 Å². The first-order valence-electron chi connectivity index (χ1n) is 8.76. The van der Waals surface area contributed by atoms with E-state index in [2.05, 4.69) is 18.9 Å². The lowest BCUT2D eigenvalue weighted by molar-refractivity contribution is 0.0728. The van der Waals surface area contributed by atoms with Gasteiger partial charge in [0.1, 0.15) is 11.4 Å². The van der Waals surface area contributed by atoms with Gasteiger partial charge in [-0.2, -0.15) is 5.10 Å². The standard InChI is InChI=1S/C20H27N3O2/c1-20(2)11-10-14(12-20)23(4)19(24)16-13-22(3)21-18(16)15-8-6-7-9-17(15)25-5/h6-9,13-14H,10-12H2,1-5H3. The van der Waals surface area contributed by atoms with Crippen molar-refractivity contribution < 1.29 is 9.53 Å². The van der Waals surface area contributed by atoms with Crippen molar-refractivity contribution >= 4 is 5.91 Å². The highest BCUT2D eigenvalue weighted by Crippen LogP contribution is 2.40. The molecule has 0 bridgehead atoms. The first-order valence-corrected chi connectivity index (χ1v) is 8.76. The Bertz CT molecular complexity index is 779. The number of benzene rings is 1. The smallest absolute Gasteiger partial charge is 0.257 e. The van der Waals surface area contributed by atoms with E-state index in [1.54, 1.807) is 18.0 Å². The molecule has 1 aliphatic carbocycles. The first kappa shape index (κ1) is 17.5. The Hall–Kier alpha value is -2.30. The summed E-state index contributed by atoms with van der Waals surface area (Å²) in [6.45, 7) is 4.55. The molecule has 0 N–H and O–H groups in total. The van der Waals surface area contributed by atoms with Crippen LogP contribution in [-0.2, 0) is 7.05 Å². The fourth-order valence-corrected chi connectivity index (χ4v) is 3.77. The average Bonchev–Trinajstić information content (AvgIpc) is 3.15. The molecule has 0 spiro atoms. The monoisotopic (exact) mass is 341 g/mol. The zero-order valence-electron chi connectivity index (χ0n) is 15.7. The molecule has 2 aromatic rings. The zero-order valence-corrected chi connectivity index (χ0v) is 15.7. The molecule has 0 aliphatic heterocycles. The fourth-order valence-electron chi connectivity index (χ4n) is 3.77. The normalized spacial score (nSPS) is 19.0. The van der Waals surface area contributed by atoms with Crippen molar-refractivity contribution in [3.63, 3.8) is 0 Å². The van der Waals surface area contributed by atoms with Crippen LogP contribution < -0.4 is 4.74 Å². The number of carbonyl (C=O) groups excluding carboxylic acids is 1. The van der Waals surface area contributed by atoms with Crippen LogP contribution in [0.3, 0.4) is 0 Å². The van der Waals surface area contributed by atoms with E-state index >= 15 is 0 Å². The van der Waals surface area contributed by atoms with Crippen molar-refractivity contribution in [3.8, 4) is 17.0 Å². The molecule has 1 aromatic heterocycles. The number of aromatic nitrogens is 2. The van der Waals surface area contributed by atoms with E-state index in [0.717, 1.165) is 30.6 Å². The third-order valence-electron chi connectivity index (χ3n) is 5.23. The second kappa shape index (κ2) is 6.54. The predicted molar refractivity (Wildman–Crippen MR) is 98.7 cm³/mol. The van der Waals surface area contributed by atoms with Crippen LogP contribution in [-0.4, -0.2) is 40.8 Å². The van der Waals surface area contributed by atoms with E-state index in [4.69, 9.17) is 4.74 Å². The molecule has 134 valence electrons. The minimum absolute atomic E-state index is 0.0247. The summed E-state index contributed by atoms with van der Waals surface area (Å²) in [5, 5.41) is 4.54. The van der Waals surface area contributed by atoms with Gasteiger partial charge in [-0.15, -0.1) is 0 Å². The van der Waals surface area contributed by atoms with Gasteiger partial charge in [-0.3, -0.25) is 9.48 Å². The summed E-state index contributed by atoms with van der Waals surface area (Å²) in [6, 6.07) is 7.97. The van der Waals surface area contributed by atoms with Crippen molar-refractivity contribution in [2.24, 2.45) is 12.5 Å². The SMILES string of the molecule is COc1ccccc1-c1nn(C)cc1C(=O)N(C)C1CCC(C)(C)C1. The molecule has 5 nitrogen and oxygen atoms in total. The maximum atomic E-state index is 13.2. The molecule has 25 heavy (non-hydrogen) atoms. The number of rotatable bonds is 4. The van der Waals surface area contributed by atoms with Crippen LogP contribution in [0.2, 0.25) is 0 Å². The lowest BCUT2D eigenvalue weighted by atomic mass is 9.91. The summed E-state index contributed by atoms with van der Waals surface area (Å²) in [6.07, 6.45) is 5.06. The molecular weight excluding hydrogens is 314 g/mol.